The average molecular weight is 633 g/mol. The largest absolute Gasteiger partial charge is 0.489 e. The smallest absolute Gasteiger partial charge is 0.363 e. The van der Waals surface area contributed by atoms with Crippen LogP contribution >= 0.6 is 0 Å². The first-order valence-electron chi connectivity index (χ1n) is 15.3. The van der Waals surface area contributed by atoms with Crippen LogP contribution in [0, 0.1) is 0 Å². The van der Waals surface area contributed by atoms with Gasteiger partial charge in [-0.3, -0.25) is 0 Å². The molecule has 2 aliphatic heterocycles. The highest BCUT2D eigenvalue weighted by Gasteiger charge is 2.26. The molecule has 0 amide bonds. The quantitative estimate of drug-likeness (QED) is 0.117. The highest BCUT2D eigenvalue weighted by molar-refractivity contribution is 6.14. The number of benzene rings is 5. The Kier molecular flexibility index (Phi) is 8.69. The normalized spacial score (nSPS) is 15.6. The molecule has 0 bridgehead atoms. The Morgan fingerprint density at radius 2 is 0.854 bits per heavy atom. The molecule has 5 aromatic carbocycles. The minimum Gasteiger partial charge on any atom is -0.489 e. The molecule has 0 spiro atoms. The molecule has 0 radical (unpaired) electrons. The zero-order chi connectivity index (χ0) is 32.7. The molecule has 2 aliphatic rings. The van der Waals surface area contributed by atoms with Crippen molar-refractivity contribution in [3.63, 3.8) is 0 Å². The molecule has 0 saturated carbocycles. The van der Waals surface area contributed by atoms with Crippen LogP contribution in [0.5, 0.6) is 11.5 Å². The Morgan fingerprint density at radius 1 is 0.479 bits per heavy atom. The Bertz CT molecular complexity index is 1910. The van der Waals surface area contributed by atoms with Crippen molar-refractivity contribution in [1.82, 2.24) is 0 Å². The Morgan fingerprint density at radius 3 is 1.23 bits per heavy atom. The van der Waals surface area contributed by atoms with Gasteiger partial charge < -0.3 is 18.9 Å². The van der Waals surface area contributed by atoms with Crippen LogP contribution in [0.1, 0.15) is 33.4 Å². The SMILES string of the molecule is O=C1OC(c2ccc(C3=N/C(=C\c4ccc(OCc5ccccc5)cc4)C(=O)O3)cc2)=N/C1=C\c1ccc(OCc2ccccc2)cc1. The molecule has 7 rings (SSSR count). The zero-order valence-corrected chi connectivity index (χ0v) is 25.6. The second-order valence-corrected chi connectivity index (χ2v) is 10.9. The number of ether oxygens (including phenoxy) is 4. The molecule has 0 atom stereocenters. The van der Waals surface area contributed by atoms with Crippen molar-refractivity contribution < 1.29 is 28.5 Å². The van der Waals surface area contributed by atoms with Crippen molar-refractivity contribution >= 4 is 35.9 Å². The van der Waals surface area contributed by atoms with E-state index in [9.17, 15) is 9.59 Å². The third-order valence-electron chi connectivity index (χ3n) is 7.48. The summed E-state index contributed by atoms with van der Waals surface area (Å²) >= 11 is 0. The van der Waals surface area contributed by atoms with Gasteiger partial charge in [0.25, 0.3) is 0 Å². The van der Waals surface area contributed by atoms with Gasteiger partial charge in [-0.15, -0.1) is 0 Å². The predicted octanol–water partition coefficient (Wildman–Crippen LogP) is 7.53. The lowest BCUT2D eigenvalue weighted by molar-refractivity contribution is -0.130. The number of cyclic esters (lactones) is 2. The van der Waals surface area contributed by atoms with Gasteiger partial charge in [0.15, 0.2) is 11.4 Å². The van der Waals surface area contributed by atoms with Gasteiger partial charge in [0.1, 0.15) is 24.7 Å². The summed E-state index contributed by atoms with van der Waals surface area (Å²) in [5.41, 5.74) is 5.28. The summed E-state index contributed by atoms with van der Waals surface area (Å²) in [6, 6.07) is 41.5. The lowest BCUT2D eigenvalue weighted by atomic mass is 10.1. The van der Waals surface area contributed by atoms with Gasteiger partial charge in [-0.1, -0.05) is 84.9 Å². The first kappa shape index (κ1) is 30.1. The molecular formula is C40H28N2O6. The van der Waals surface area contributed by atoms with Gasteiger partial charge in [-0.25, -0.2) is 19.6 Å². The Hall–Kier alpha value is -6.54. The van der Waals surface area contributed by atoms with E-state index in [4.69, 9.17) is 18.9 Å². The van der Waals surface area contributed by atoms with Crippen LogP contribution < -0.4 is 9.47 Å². The highest BCUT2D eigenvalue weighted by Crippen LogP contribution is 2.24. The number of nitrogens with zero attached hydrogens (tertiary/aromatic N) is 2. The first-order chi connectivity index (χ1) is 23.6. The van der Waals surface area contributed by atoms with Crippen molar-refractivity contribution in [2.45, 2.75) is 13.2 Å². The van der Waals surface area contributed by atoms with Crippen LogP contribution in [0.25, 0.3) is 12.2 Å². The van der Waals surface area contributed by atoms with Crippen molar-refractivity contribution in [1.29, 1.82) is 0 Å². The van der Waals surface area contributed by atoms with E-state index < -0.39 is 11.9 Å². The maximum Gasteiger partial charge on any atom is 0.363 e. The fourth-order valence-corrected chi connectivity index (χ4v) is 4.94. The van der Waals surface area contributed by atoms with E-state index in [1.807, 2.05) is 109 Å². The summed E-state index contributed by atoms with van der Waals surface area (Å²) in [4.78, 5) is 34.0. The maximum atomic E-state index is 12.6. The topological polar surface area (TPSA) is 95.8 Å². The predicted molar refractivity (Wildman–Crippen MR) is 182 cm³/mol. The van der Waals surface area contributed by atoms with Gasteiger partial charge in [0, 0.05) is 11.1 Å². The summed E-state index contributed by atoms with van der Waals surface area (Å²) in [7, 11) is 0. The molecule has 0 aliphatic carbocycles. The van der Waals surface area contributed by atoms with E-state index in [1.165, 1.54) is 0 Å². The van der Waals surface area contributed by atoms with Crippen molar-refractivity contribution in [3.8, 4) is 11.5 Å². The lowest BCUT2D eigenvalue weighted by Gasteiger charge is -2.06. The van der Waals surface area contributed by atoms with Crippen LogP contribution in [0.2, 0.25) is 0 Å². The number of hydrogen-bond acceptors (Lipinski definition) is 8. The van der Waals surface area contributed by atoms with Crippen LogP contribution in [-0.4, -0.2) is 23.7 Å². The molecule has 0 fully saturated rings. The standard InChI is InChI=1S/C40H28N2O6/c43-39-35(23-27-11-19-33(20-12-27)45-25-29-7-3-1-4-8-29)41-37(47-39)31-15-17-32(18-16-31)38-42-36(40(44)48-38)24-28-13-21-34(22-14-28)46-26-30-9-5-2-6-10-30/h1-24H,25-26H2/b35-23-,36-24-. The third kappa shape index (κ3) is 7.29. The van der Waals surface area contributed by atoms with E-state index in [1.54, 1.807) is 36.4 Å². The third-order valence-corrected chi connectivity index (χ3v) is 7.48. The van der Waals surface area contributed by atoms with Gasteiger partial charge in [-0.05, 0) is 82.9 Å². The maximum absolute atomic E-state index is 12.6. The molecule has 0 N–H and O–H groups in total. The Labute approximate surface area is 276 Å². The van der Waals surface area contributed by atoms with E-state index in [0.29, 0.717) is 24.3 Å². The number of hydrogen-bond donors (Lipinski definition) is 0. The van der Waals surface area contributed by atoms with Gasteiger partial charge in [0.2, 0.25) is 11.8 Å². The number of rotatable bonds is 10. The second-order valence-electron chi connectivity index (χ2n) is 10.9. The molecule has 5 aromatic rings. The monoisotopic (exact) mass is 632 g/mol. The minimum absolute atomic E-state index is 0.183. The van der Waals surface area contributed by atoms with Crippen molar-refractivity contribution in [2.24, 2.45) is 9.98 Å². The van der Waals surface area contributed by atoms with Crippen molar-refractivity contribution in [3.05, 3.63) is 178 Å². The average Bonchev–Trinajstić information content (AvgIpc) is 3.69. The molecular weight excluding hydrogens is 604 g/mol. The summed E-state index contributed by atoms with van der Waals surface area (Å²) < 4.78 is 22.6. The first-order valence-corrected chi connectivity index (χ1v) is 15.3. The number of esters is 2. The lowest BCUT2D eigenvalue weighted by Crippen LogP contribution is -2.07. The zero-order valence-electron chi connectivity index (χ0n) is 25.6. The van der Waals surface area contributed by atoms with Gasteiger partial charge >= 0.3 is 11.9 Å². The number of carbonyl (C=O) groups excluding carboxylic acids is 2. The molecule has 234 valence electrons. The molecule has 0 aromatic heterocycles. The van der Waals surface area contributed by atoms with Crippen molar-refractivity contribution in [2.75, 3.05) is 0 Å². The summed E-state index contributed by atoms with van der Waals surface area (Å²) in [5, 5.41) is 0. The molecule has 0 saturated heterocycles. The summed E-state index contributed by atoms with van der Waals surface area (Å²) in [5.74, 6) is 0.721. The van der Waals surface area contributed by atoms with E-state index in [2.05, 4.69) is 9.98 Å². The number of aliphatic imine (C=N–C) groups is 2. The molecule has 8 heteroatoms. The summed E-state index contributed by atoms with van der Waals surface area (Å²) in [6.45, 7) is 0.933. The number of carbonyl (C=O) groups is 2. The van der Waals surface area contributed by atoms with E-state index in [-0.39, 0.29) is 23.2 Å². The van der Waals surface area contributed by atoms with Crippen LogP contribution in [0.4, 0.5) is 0 Å². The molecule has 0 unspecified atom stereocenters. The summed E-state index contributed by atoms with van der Waals surface area (Å²) in [6.07, 6.45) is 3.33. The molecule has 2 heterocycles. The van der Waals surface area contributed by atoms with E-state index >= 15 is 0 Å². The molecule has 48 heavy (non-hydrogen) atoms. The second kappa shape index (κ2) is 13.8. The highest BCUT2D eigenvalue weighted by atomic mass is 16.6. The fourth-order valence-electron chi connectivity index (χ4n) is 4.94. The minimum atomic E-state index is -0.543. The van der Waals surface area contributed by atoms with Gasteiger partial charge in [-0.2, -0.15) is 0 Å². The fraction of sp³-hybridized carbons (Fsp3) is 0.0500. The molecule has 8 nitrogen and oxygen atoms in total. The Balaban J connectivity index is 0.981. The van der Waals surface area contributed by atoms with Gasteiger partial charge in [0.05, 0.1) is 0 Å². The van der Waals surface area contributed by atoms with Crippen LogP contribution in [0.3, 0.4) is 0 Å². The van der Waals surface area contributed by atoms with E-state index in [0.717, 1.165) is 33.8 Å². The van der Waals surface area contributed by atoms with Crippen LogP contribution in [-0.2, 0) is 32.3 Å². The van der Waals surface area contributed by atoms with Crippen LogP contribution in [0.15, 0.2) is 155 Å².